The van der Waals surface area contributed by atoms with Gasteiger partial charge in [0.05, 0.1) is 6.61 Å². The highest BCUT2D eigenvalue weighted by atomic mass is 16.5. The van der Waals surface area contributed by atoms with Crippen molar-refractivity contribution in [3.8, 4) is 5.75 Å². The topological polar surface area (TPSA) is 21.3 Å². The normalized spacial score (nSPS) is 10.7. The summed E-state index contributed by atoms with van der Waals surface area (Å²) in [5.41, 5.74) is 3.90. The van der Waals surface area contributed by atoms with Crippen molar-refractivity contribution in [2.45, 2.75) is 52.6 Å². The Morgan fingerprint density at radius 2 is 1.61 bits per heavy atom. The van der Waals surface area contributed by atoms with Crippen molar-refractivity contribution in [3.63, 3.8) is 0 Å². The van der Waals surface area contributed by atoms with Gasteiger partial charge in [0.2, 0.25) is 0 Å². The van der Waals surface area contributed by atoms with E-state index in [1.807, 2.05) is 6.07 Å². The van der Waals surface area contributed by atoms with Crippen LogP contribution in [0.3, 0.4) is 0 Å². The molecule has 0 aliphatic rings. The number of nitrogens with one attached hydrogen (secondary N) is 1. The van der Waals surface area contributed by atoms with Crippen LogP contribution in [0.15, 0.2) is 48.5 Å². The van der Waals surface area contributed by atoms with Crippen LogP contribution in [0.5, 0.6) is 5.75 Å². The standard InChI is InChI=1S/C21H29NO/c1-3-4-5-6-13-23-21-12-8-11-20(15-21)17-22-16-19-10-7-9-18(2)14-19/h7-12,14-15,22H,3-6,13,16-17H2,1-2H3. The average molecular weight is 311 g/mol. The molecule has 0 amide bonds. The summed E-state index contributed by atoms with van der Waals surface area (Å²) in [4.78, 5) is 0. The highest BCUT2D eigenvalue weighted by Crippen LogP contribution is 2.14. The highest BCUT2D eigenvalue weighted by molar-refractivity contribution is 5.28. The molecule has 0 aliphatic carbocycles. The fourth-order valence-corrected chi connectivity index (χ4v) is 2.64. The lowest BCUT2D eigenvalue weighted by Crippen LogP contribution is -2.12. The second-order valence-electron chi connectivity index (χ2n) is 6.15. The molecule has 1 N–H and O–H groups in total. The molecule has 0 aliphatic heterocycles. The average Bonchev–Trinajstić information content (AvgIpc) is 2.55. The molecule has 0 saturated carbocycles. The Labute approximate surface area is 140 Å². The minimum absolute atomic E-state index is 0.820. The molecule has 124 valence electrons. The van der Waals surface area contributed by atoms with Gasteiger partial charge in [0, 0.05) is 13.1 Å². The van der Waals surface area contributed by atoms with Crippen LogP contribution in [0.2, 0.25) is 0 Å². The largest absolute Gasteiger partial charge is 0.494 e. The smallest absolute Gasteiger partial charge is 0.119 e. The summed E-state index contributed by atoms with van der Waals surface area (Å²) >= 11 is 0. The summed E-state index contributed by atoms with van der Waals surface area (Å²) in [6.45, 7) is 6.93. The molecule has 0 spiro atoms. The van der Waals surface area contributed by atoms with E-state index in [-0.39, 0.29) is 0 Å². The number of unbranched alkanes of at least 4 members (excludes halogenated alkanes) is 3. The van der Waals surface area contributed by atoms with Gasteiger partial charge in [-0.25, -0.2) is 0 Å². The van der Waals surface area contributed by atoms with E-state index in [1.165, 1.54) is 36.0 Å². The van der Waals surface area contributed by atoms with Crippen molar-refractivity contribution in [3.05, 3.63) is 65.2 Å². The molecule has 0 heterocycles. The van der Waals surface area contributed by atoms with Gasteiger partial charge in [0.25, 0.3) is 0 Å². The second kappa shape index (κ2) is 10.1. The first-order valence-corrected chi connectivity index (χ1v) is 8.76. The minimum Gasteiger partial charge on any atom is -0.494 e. The van der Waals surface area contributed by atoms with Crippen LogP contribution >= 0.6 is 0 Å². The number of aryl methyl sites for hydroxylation is 1. The highest BCUT2D eigenvalue weighted by Gasteiger charge is 1.98. The third-order valence-corrected chi connectivity index (χ3v) is 3.91. The molecule has 2 rings (SSSR count). The number of rotatable bonds is 10. The summed E-state index contributed by atoms with van der Waals surface area (Å²) in [7, 11) is 0. The van der Waals surface area contributed by atoms with Gasteiger partial charge in [-0.15, -0.1) is 0 Å². The molecule has 0 saturated heterocycles. The summed E-state index contributed by atoms with van der Waals surface area (Å²) in [5.74, 6) is 0.983. The molecular weight excluding hydrogens is 282 g/mol. The SMILES string of the molecule is CCCCCCOc1cccc(CNCc2cccc(C)c2)c1. The van der Waals surface area contributed by atoms with E-state index >= 15 is 0 Å². The number of ether oxygens (including phenoxy) is 1. The second-order valence-corrected chi connectivity index (χ2v) is 6.15. The van der Waals surface area contributed by atoms with Crippen molar-refractivity contribution in [1.82, 2.24) is 5.32 Å². The molecular formula is C21H29NO. The summed E-state index contributed by atoms with van der Waals surface area (Å²) < 4.78 is 5.85. The first kappa shape index (κ1) is 17.6. The van der Waals surface area contributed by atoms with Gasteiger partial charge in [-0.05, 0) is 36.6 Å². The Bertz CT molecular complexity index is 580. The van der Waals surface area contributed by atoms with Crippen molar-refractivity contribution < 1.29 is 4.74 Å². The van der Waals surface area contributed by atoms with Gasteiger partial charge < -0.3 is 10.1 Å². The predicted molar refractivity (Wildman–Crippen MR) is 97.8 cm³/mol. The molecule has 0 bridgehead atoms. The van der Waals surface area contributed by atoms with Crippen molar-refractivity contribution >= 4 is 0 Å². The zero-order chi connectivity index (χ0) is 16.3. The number of hydrogen-bond acceptors (Lipinski definition) is 2. The number of benzene rings is 2. The lowest BCUT2D eigenvalue weighted by Gasteiger charge is -2.09. The lowest BCUT2D eigenvalue weighted by molar-refractivity contribution is 0.304. The molecule has 0 radical (unpaired) electrons. The van der Waals surface area contributed by atoms with Crippen LogP contribution in [0.25, 0.3) is 0 Å². The van der Waals surface area contributed by atoms with Crippen molar-refractivity contribution in [2.75, 3.05) is 6.61 Å². The Morgan fingerprint density at radius 3 is 2.35 bits per heavy atom. The van der Waals surface area contributed by atoms with Gasteiger partial charge in [0.15, 0.2) is 0 Å². The van der Waals surface area contributed by atoms with Crippen molar-refractivity contribution in [1.29, 1.82) is 0 Å². The monoisotopic (exact) mass is 311 g/mol. The zero-order valence-corrected chi connectivity index (χ0v) is 14.5. The Hall–Kier alpha value is -1.80. The molecule has 2 aromatic rings. The van der Waals surface area contributed by atoms with E-state index in [0.29, 0.717) is 0 Å². The van der Waals surface area contributed by atoms with E-state index in [1.54, 1.807) is 0 Å². The third-order valence-electron chi connectivity index (χ3n) is 3.91. The fraction of sp³-hybridized carbons (Fsp3) is 0.429. The first-order chi connectivity index (χ1) is 11.3. The van der Waals surface area contributed by atoms with E-state index in [0.717, 1.165) is 31.9 Å². The molecule has 0 atom stereocenters. The summed E-state index contributed by atoms with van der Waals surface area (Å²) in [6, 6.07) is 17.0. The lowest BCUT2D eigenvalue weighted by atomic mass is 10.1. The predicted octanol–water partition coefficient (Wildman–Crippen LogP) is 5.24. The number of hydrogen-bond donors (Lipinski definition) is 1. The van der Waals surface area contributed by atoms with Crippen LogP contribution in [-0.4, -0.2) is 6.61 Å². The zero-order valence-electron chi connectivity index (χ0n) is 14.5. The maximum absolute atomic E-state index is 5.85. The van der Waals surface area contributed by atoms with Crippen LogP contribution in [-0.2, 0) is 13.1 Å². The van der Waals surface area contributed by atoms with E-state index in [4.69, 9.17) is 4.74 Å². The van der Waals surface area contributed by atoms with Gasteiger partial charge >= 0.3 is 0 Å². The molecule has 23 heavy (non-hydrogen) atoms. The summed E-state index contributed by atoms with van der Waals surface area (Å²) in [5, 5.41) is 3.50. The Morgan fingerprint density at radius 1 is 0.870 bits per heavy atom. The van der Waals surface area contributed by atoms with Crippen molar-refractivity contribution in [2.24, 2.45) is 0 Å². The van der Waals surface area contributed by atoms with E-state index < -0.39 is 0 Å². The minimum atomic E-state index is 0.820. The summed E-state index contributed by atoms with van der Waals surface area (Å²) in [6.07, 6.45) is 4.96. The van der Waals surface area contributed by atoms with Gasteiger partial charge in [0.1, 0.15) is 5.75 Å². The first-order valence-electron chi connectivity index (χ1n) is 8.76. The van der Waals surface area contributed by atoms with Crippen LogP contribution in [0, 0.1) is 6.92 Å². The Balaban J connectivity index is 1.74. The van der Waals surface area contributed by atoms with E-state index in [9.17, 15) is 0 Å². The fourth-order valence-electron chi connectivity index (χ4n) is 2.64. The maximum Gasteiger partial charge on any atom is 0.119 e. The quantitative estimate of drug-likeness (QED) is 0.606. The maximum atomic E-state index is 5.85. The van der Waals surface area contributed by atoms with E-state index in [2.05, 4.69) is 61.6 Å². The molecule has 2 aromatic carbocycles. The Kier molecular flexibility index (Phi) is 7.68. The molecule has 0 aromatic heterocycles. The van der Waals surface area contributed by atoms with Crippen LogP contribution in [0.4, 0.5) is 0 Å². The van der Waals surface area contributed by atoms with Gasteiger partial charge in [-0.2, -0.15) is 0 Å². The molecule has 0 fully saturated rings. The van der Waals surface area contributed by atoms with Crippen LogP contribution < -0.4 is 10.1 Å². The molecule has 0 unspecified atom stereocenters. The van der Waals surface area contributed by atoms with Gasteiger partial charge in [-0.3, -0.25) is 0 Å². The molecule has 2 heteroatoms. The molecule has 2 nitrogen and oxygen atoms in total. The van der Waals surface area contributed by atoms with Gasteiger partial charge in [-0.1, -0.05) is 68.1 Å². The van der Waals surface area contributed by atoms with Crippen LogP contribution in [0.1, 0.15) is 49.3 Å². The third kappa shape index (κ3) is 6.87.